The summed E-state index contributed by atoms with van der Waals surface area (Å²) in [6.07, 6.45) is 1.83. The molecule has 1 unspecified atom stereocenters. The van der Waals surface area contributed by atoms with E-state index in [1.54, 1.807) is 11.3 Å². The number of fused-ring (bicyclic) bond motifs is 2. The Hall–Kier alpha value is -2.00. The van der Waals surface area contributed by atoms with Gasteiger partial charge in [0.25, 0.3) is 0 Å². The van der Waals surface area contributed by atoms with Gasteiger partial charge in [0.2, 0.25) is 0 Å². The van der Waals surface area contributed by atoms with E-state index in [1.807, 2.05) is 24.3 Å². The third-order valence-corrected chi connectivity index (χ3v) is 5.29. The lowest BCUT2D eigenvalue weighted by molar-refractivity contribution is 0.0946. The summed E-state index contributed by atoms with van der Waals surface area (Å²) in [6, 6.07) is 14.2. The molecule has 21 heavy (non-hydrogen) atoms. The van der Waals surface area contributed by atoms with Gasteiger partial charge in [-0.1, -0.05) is 30.3 Å². The molecule has 104 valence electrons. The maximum Gasteiger partial charge on any atom is 0.173 e. The van der Waals surface area contributed by atoms with Crippen LogP contribution in [0.5, 0.6) is 0 Å². The smallest absolute Gasteiger partial charge is 0.173 e. The first-order valence-electron chi connectivity index (χ1n) is 7.21. The van der Waals surface area contributed by atoms with Gasteiger partial charge in [-0.15, -0.1) is 11.3 Å². The number of benzene rings is 2. The number of thiazole rings is 1. The van der Waals surface area contributed by atoms with Gasteiger partial charge in [-0.25, -0.2) is 4.98 Å². The van der Waals surface area contributed by atoms with Crippen LogP contribution in [0.1, 0.15) is 38.8 Å². The van der Waals surface area contributed by atoms with Crippen molar-refractivity contribution in [1.29, 1.82) is 0 Å². The van der Waals surface area contributed by atoms with Crippen LogP contribution in [0.4, 0.5) is 0 Å². The number of nitrogens with zero attached hydrogens (tertiary/aromatic N) is 1. The highest BCUT2D eigenvalue weighted by atomic mass is 32.1. The molecule has 0 amide bonds. The van der Waals surface area contributed by atoms with Crippen molar-refractivity contribution in [3.63, 3.8) is 0 Å². The standard InChI is InChI=1S/C18H15NOS/c1-11-6-9-15-16(10-11)21-18(19-15)14-8-7-12-4-2-3-5-13(12)17(14)20/h2-6,9-10,14H,7-8H2,1H3. The van der Waals surface area contributed by atoms with E-state index < -0.39 is 0 Å². The first-order valence-corrected chi connectivity index (χ1v) is 8.03. The number of Topliss-reactive ketones (excluding diaryl/α,β-unsaturated/α-hetero) is 1. The van der Waals surface area contributed by atoms with E-state index in [9.17, 15) is 4.79 Å². The number of rotatable bonds is 1. The average molecular weight is 293 g/mol. The summed E-state index contributed by atoms with van der Waals surface area (Å²) >= 11 is 1.66. The van der Waals surface area contributed by atoms with Crippen molar-refractivity contribution < 1.29 is 4.79 Å². The topological polar surface area (TPSA) is 30.0 Å². The van der Waals surface area contributed by atoms with Crippen LogP contribution in [0.2, 0.25) is 0 Å². The molecular weight excluding hydrogens is 278 g/mol. The predicted octanol–water partition coefficient (Wildman–Crippen LogP) is 4.52. The number of hydrogen-bond acceptors (Lipinski definition) is 3. The minimum absolute atomic E-state index is 0.0717. The molecule has 1 atom stereocenters. The minimum atomic E-state index is -0.0717. The van der Waals surface area contributed by atoms with Gasteiger partial charge >= 0.3 is 0 Å². The highest BCUT2D eigenvalue weighted by molar-refractivity contribution is 7.18. The fourth-order valence-electron chi connectivity index (χ4n) is 3.03. The molecule has 4 rings (SSSR count). The lowest BCUT2D eigenvalue weighted by atomic mass is 9.83. The highest BCUT2D eigenvalue weighted by Crippen LogP contribution is 2.36. The molecule has 0 fully saturated rings. The van der Waals surface area contributed by atoms with Gasteiger partial charge in [-0.3, -0.25) is 4.79 Å². The monoisotopic (exact) mass is 293 g/mol. The van der Waals surface area contributed by atoms with Crippen molar-refractivity contribution in [3.05, 3.63) is 64.2 Å². The van der Waals surface area contributed by atoms with Crippen LogP contribution in [0.15, 0.2) is 42.5 Å². The summed E-state index contributed by atoms with van der Waals surface area (Å²) in [5.41, 5.74) is 4.30. The van der Waals surface area contributed by atoms with Crippen molar-refractivity contribution in [2.45, 2.75) is 25.7 Å². The predicted molar refractivity (Wildman–Crippen MR) is 86.2 cm³/mol. The van der Waals surface area contributed by atoms with E-state index in [-0.39, 0.29) is 11.7 Å². The van der Waals surface area contributed by atoms with Gasteiger partial charge in [0.1, 0.15) is 5.01 Å². The molecule has 2 nitrogen and oxygen atoms in total. The van der Waals surface area contributed by atoms with Crippen LogP contribution in [0.25, 0.3) is 10.2 Å². The highest BCUT2D eigenvalue weighted by Gasteiger charge is 2.30. The van der Waals surface area contributed by atoms with E-state index in [0.717, 1.165) is 28.9 Å². The molecule has 0 N–H and O–H groups in total. The molecule has 2 aromatic carbocycles. The van der Waals surface area contributed by atoms with Crippen LogP contribution in [0.3, 0.4) is 0 Å². The average Bonchev–Trinajstić information content (AvgIpc) is 2.90. The second-order valence-electron chi connectivity index (χ2n) is 5.64. The molecule has 1 heterocycles. The Morgan fingerprint density at radius 2 is 2.05 bits per heavy atom. The van der Waals surface area contributed by atoms with Gasteiger partial charge in [0.05, 0.1) is 16.1 Å². The maximum atomic E-state index is 12.7. The molecular formula is C18H15NOS. The summed E-state index contributed by atoms with van der Waals surface area (Å²) in [6.45, 7) is 2.08. The summed E-state index contributed by atoms with van der Waals surface area (Å²) in [5.74, 6) is 0.158. The van der Waals surface area contributed by atoms with Crippen molar-refractivity contribution in [1.82, 2.24) is 4.98 Å². The van der Waals surface area contributed by atoms with Gasteiger partial charge in [-0.2, -0.15) is 0 Å². The van der Waals surface area contributed by atoms with E-state index in [0.29, 0.717) is 0 Å². The van der Waals surface area contributed by atoms with E-state index >= 15 is 0 Å². The van der Waals surface area contributed by atoms with Crippen molar-refractivity contribution in [2.24, 2.45) is 0 Å². The lowest BCUT2D eigenvalue weighted by Gasteiger charge is -2.21. The fourth-order valence-corrected chi connectivity index (χ4v) is 4.23. The molecule has 0 radical (unpaired) electrons. The number of ketones is 1. The van der Waals surface area contributed by atoms with Crippen LogP contribution in [-0.2, 0) is 6.42 Å². The molecule has 0 spiro atoms. The Balaban J connectivity index is 1.77. The Kier molecular flexibility index (Phi) is 2.89. The Labute approximate surface area is 127 Å². The normalized spacial score (nSPS) is 18.0. The van der Waals surface area contributed by atoms with Gasteiger partial charge in [-0.05, 0) is 43.0 Å². The molecule has 0 saturated carbocycles. The number of hydrogen-bond donors (Lipinski definition) is 0. The minimum Gasteiger partial charge on any atom is -0.293 e. The Morgan fingerprint density at radius 3 is 2.95 bits per heavy atom. The molecule has 1 aliphatic rings. The van der Waals surface area contributed by atoms with Crippen LogP contribution in [0, 0.1) is 6.92 Å². The lowest BCUT2D eigenvalue weighted by Crippen LogP contribution is -2.20. The molecule has 1 aromatic heterocycles. The third-order valence-electron chi connectivity index (χ3n) is 4.16. The largest absolute Gasteiger partial charge is 0.293 e. The molecule has 3 heteroatoms. The first-order chi connectivity index (χ1) is 10.2. The van der Waals surface area contributed by atoms with E-state index in [1.165, 1.54) is 15.8 Å². The molecule has 0 aliphatic heterocycles. The Morgan fingerprint density at radius 1 is 1.19 bits per heavy atom. The molecule has 0 saturated heterocycles. The molecule has 3 aromatic rings. The number of carbonyl (C=O) groups is 1. The summed E-state index contributed by atoms with van der Waals surface area (Å²) < 4.78 is 1.18. The van der Waals surface area contributed by atoms with Crippen molar-refractivity contribution >= 4 is 27.3 Å². The SMILES string of the molecule is Cc1ccc2nc(C3CCc4ccccc4C3=O)sc2c1. The number of aromatic nitrogens is 1. The summed E-state index contributed by atoms with van der Waals surface area (Å²) in [5, 5.41) is 0.968. The molecule has 1 aliphatic carbocycles. The summed E-state index contributed by atoms with van der Waals surface area (Å²) in [7, 11) is 0. The van der Waals surface area contributed by atoms with Gasteiger partial charge in [0, 0.05) is 5.56 Å². The zero-order valence-corrected chi connectivity index (χ0v) is 12.6. The van der Waals surface area contributed by atoms with Gasteiger partial charge in [0.15, 0.2) is 5.78 Å². The van der Waals surface area contributed by atoms with E-state index in [4.69, 9.17) is 4.98 Å². The van der Waals surface area contributed by atoms with E-state index in [2.05, 4.69) is 25.1 Å². The van der Waals surface area contributed by atoms with Crippen molar-refractivity contribution in [3.8, 4) is 0 Å². The summed E-state index contributed by atoms with van der Waals surface area (Å²) in [4.78, 5) is 17.4. The first kappa shape index (κ1) is 12.7. The zero-order chi connectivity index (χ0) is 14.4. The second kappa shape index (κ2) is 4.78. The maximum absolute atomic E-state index is 12.7. The second-order valence-corrected chi connectivity index (χ2v) is 6.70. The fraction of sp³-hybridized carbons (Fsp3) is 0.222. The van der Waals surface area contributed by atoms with Gasteiger partial charge < -0.3 is 0 Å². The van der Waals surface area contributed by atoms with Crippen LogP contribution < -0.4 is 0 Å². The molecule has 0 bridgehead atoms. The number of carbonyl (C=O) groups excluding carboxylic acids is 1. The third kappa shape index (κ3) is 2.09. The van der Waals surface area contributed by atoms with Crippen LogP contribution in [-0.4, -0.2) is 10.8 Å². The zero-order valence-electron chi connectivity index (χ0n) is 11.8. The number of aryl methyl sites for hydroxylation is 2. The van der Waals surface area contributed by atoms with Crippen LogP contribution >= 0.6 is 11.3 Å². The quantitative estimate of drug-likeness (QED) is 0.660. The van der Waals surface area contributed by atoms with Crippen molar-refractivity contribution in [2.75, 3.05) is 0 Å². The Bertz CT molecular complexity index is 849.